The van der Waals surface area contributed by atoms with Gasteiger partial charge >= 0.3 is 0 Å². The number of carbonyl (C=O) groups is 3. The van der Waals surface area contributed by atoms with Crippen molar-refractivity contribution in [3.05, 3.63) is 120 Å². The molecule has 2 saturated heterocycles. The summed E-state index contributed by atoms with van der Waals surface area (Å²) in [6.07, 6.45) is 1.34. The number of ether oxygens (including phenoxy) is 2. The van der Waals surface area contributed by atoms with E-state index < -0.39 is 19.8 Å². The van der Waals surface area contributed by atoms with Crippen LogP contribution in [0, 0.1) is 11.8 Å². The molecule has 0 aliphatic carbocycles. The number of benzene rings is 4. The minimum Gasteiger partial charge on any atom is -0.497 e. The molecule has 0 saturated carbocycles. The number of para-hydroxylation sites is 1. The molecule has 11 heteroatoms. The normalized spacial score (nSPS) is 23.2. The molecule has 3 N–H and O–H groups in total. The first kappa shape index (κ1) is 39.4. The maximum absolute atomic E-state index is 15.3. The number of nitrogens with zero attached hydrogens (tertiary/aromatic N) is 2. The summed E-state index contributed by atoms with van der Waals surface area (Å²) in [4.78, 5) is 46.2. The SMILES string of the molecule is COc1ccc([Si](C)(C)[C@@H]2[C@@H](CC(=O)N(CCO)Cc3ccccc3)O[C@]3(C(=O)N(Cc4cccc(NC(=O)C5CCCNC5)c4)c4ccccc43)[C@H]2C)cc1. The van der Waals surface area contributed by atoms with Crippen LogP contribution in [0.15, 0.2) is 103 Å². The van der Waals surface area contributed by atoms with E-state index in [-0.39, 0.29) is 61.2 Å². The zero-order valence-electron chi connectivity index (χ0n) is 32.9. The number of nitrogens with one attached hydrogen (secondary N) is 2. The monoisotopic (exact) mass is 774 g/mol. The van der Waals surface area contributed by atoms with Crippen LogP contribution in [0.4, 0.5) is 11.4 Å². The van der Waals surface area contributed by atoms with Gasteiger partial charge in [-0.25, -0.2) is 0 Å². The molecule has 0 aromatic heterocycles. The van der Waals surface area contributed by atoms with E-state index in [1.165, 1.54) is 5.19 Å². The van der Waals surface area contributed by atoms with Gasteiger partial charge in [-0.1, -0.05) is 98.0 Å². The molecule has 3 heterocycles. The molecule has 0 bridgehead atoms. The van der Waals surface area contributed by atoms with Crippen LogP contribution in [-0.2, 0) is 37.8 Å². The van der Waals surface area contributed by atoms with Crippen LogP contribution >= 0.6 is 0 Å². The van der Waals surface area contributed by atoms with E-state index in [4.69, 9.17) is 9.47 Å². The van der Waals surface area contributed by atoms with E-state index in [9.17, 15) is 14.7 Å². The van der Waals surface area contributed by atoms with E-state index in [2.05, 4.69) is 42.8 Å². The summed E-state index contributed by atoms with van der Waals surface area (Å²) in [6, 6.07) is 33.5. The van der Waals surface area contributed by atoms with Gasteiger partial charge < -0.3 is 35.0 Å². The van der Waals surface area contributed by atoms with Gasteiger partial charge in [0, 0.05) is 36.8 Å². The predicted molar refractivity (Wildman–Crippen MR) is 221 cm³/mol. The molecule has 2 fully saturated rings. The second-order valence-electron chi connectivity index (χ2n) is 16.0. The van der Waals surface area contributed by atoms with Crippen LogP contribution in [-0.4, -0.2) is 75.3 Å². The maximum Gasteiger partial charge on any atom is 0.264 e. The van der Waals surface area contributed by atoms with Gasteiger partial charge in [-0.15, -0.1) is 0 Å². The predicted octanol–water partition coefficient (Wildman–Crippen LogP) is 5.81. The Bertz CT molecular complexity index is 2020. The van der Waals surface area contributed by atoms with Crippen LogP contribution in [0.25, 0.3) is 0 Å². The van der Waals surface area contributed by atoms with E-state index in [1.54, 1.807) is 12.0 Å². The van der Waals surface area contributed by atoms with Crippen molar-refractivity contribution >= 4 is 42.4 Å². The van der Waals surface area contributed by atoms with Crippen molar-refractivity contribution in [2.45, 2.75) is 69.6 Å². The fourth-order valence-electron chi connectivity index (χ4n) is 9.39. The number of rotatable bonds is 13. The Morgan fingerprint density at radius 3 is 2.45 bits per heavy atom. The molecular weight excluding hydrogens is 721 g/mol. The molecule has 4 aromatic rings. The first-order valence-corrected chi connectivity index (χ1v) is 22.9. The fraction of sp³-hybridized carbons (Fsp3) is 0.400. The number of fused-ring (bicyclic) bond motifs is 2. The highest BCUT2D eigenvalue weighted by Gasteiger charge is 2.66. The van der Waals surface area contributed by atoms with Crippen molar-refractivity contribution in [2.24, 2.45) is 11.8 Å². The van der Waals surface area contributed by atoms with Gasteiger partial charge in [0.25, 0.3) is 5.91 Å². The summed E-state index contributed by atoms with van der Waals surface area (Å²) in [5, 5.41) is 17.6. The lowest BCUT2D eigenvalue weighted by atomic mass is 9.82. The summed E-state index contributed by atoms with van der Waals surface area (Å²) in [6.45, 7) is 9.02. The highest BCUT2D eigenvalue weighted by atomic mass is 28.3. The highest BCUT2D eigenvalue weighted by Crippen LogP contribution is 2.60. The van der Waals surface area contributed by atoms with Gasteiger partial charge in [-0.05, 0) is 66.4 Å². The summed E-state index contributed by atoms with van der Waals surface area (Å²) >= 11 is 0. The van der Waals surface area contributed by atoms with Gasteiger partial charge in [0.2, 0.25) is 11.8 Å². The molecule has 56 heavy (non-hydrogen) atoms. The maximum atomic E-state index is 15.3. The number of carbonyl (C=O) groups excluding carboxylic acids is 3. The van der Waals surface area contributed by atoms with Crippen LogP contribution in [0.1, 0.15) is 42.9 Å². The molecule has 3 aliphatic rings. The van der Waals surface area contributed by atoms with Crippen molar-refractivity contribution in [2.75, 3.05) is 43.6 Å². The molecule has 1 spiro atoms. The van der Waals surface area contributed by atoms with Crippen molar-refractivity contribution in [3.63, 3.8) is 0 Å². The Morgan fingerprint density at radius 2 is 1.73 bits per heavy atom. The molecule has 294 valence electrons. The van der Waals surface area contributed by atoms with Crippen molar-refractivity contribution in [1.29, 1.82) is 0 Å². The Balaban J connectivity index is 1.22. The van der Waals surface area contributed by atoms with Gasteiger partial charge in [-0.3, -0.25) is 14.4 Å². The molecular formula is C45H54N4O6Si. The minimum atomic E-state index is -2.50. The molecule has 1 unspecified atom stereocenters. The smallest absolute Gasteiger partial charge is 0.264 e. The third-order valence-electron chi connectivity index (χ3n) is 12.3. The van der Waals surface area contributed by atoms with Crippen LogP contribution in [0.2, 0.25) is 18.6 Å². The second kappa shape index (κ2) is 16.7. The number of anilines is 2. The Hall–Kier alpha value is -4.81. The molecule has 5 atom stereocenters. The molecule has 0 radical (unpaired) electrons. The molecule has 3 amide bonds. The molecule has 4 aromatic carbocycles. The number of hydrogen-bond donors (Lipinski definition) is 3. The standard InChI is InChI=1S/C45H54N4O6Si/c1-31-42(56(3,4)37-21-19-36(54-2)20-22-37)40(27-41(51)48(24-25-50)29-32-12-6-5-7-13-32)55-45(31)38-17-8-9-18-39(38)49(44(45)53)30-33-14-10-16-35(26-33)47-43(52)34-15-11-23-46-28-34/h5-10,12-14,16-22,26,31,34,40,42,46,50H,11,15,23-25,27-30H2,1-4H3,(H,47,52)/t31-,34?,40+,42-,45+/m0/s1. The molecule has 7 rings (SSSR count). The number of hydrogen-bond acceptors (Lipinski definition) is 7. The average molecular weight is 775 g/mol. The number of methoxy groups -OCH3 is 1. The zero-order valence-corrected chi connectivity index (χ0v) is 33.9. The Labute approximate surface area is 331 Å². The van der Waals surface area contributed by atoms with Crippen LogP contribution < -0.4 is 25.5 Å². The van der Waals surface area contributed by atoms with E-state index in [1.807, 2.05) is 95.9 Å². The lowest BCUT2D eigenvalue weighted by Crippen LogP contribution is -2.52. The quantitative estimate of drug-likeness (QED) is 0.147. The molecule has 3 aliphatic heterocycles. The van der Waals surface area contributed by atoms with Crippen molar-refractivity contribution < 1.29 is 29.0 Å². The van der Waals surface area contributed by atoms with Gasteiger partial charge in [0.05, 0.1) is 52.5 Å². The van der Waals surface area contributed by atoms with Crippen molar-refractivity contribution in [1.82, 2.24) is 10.2 Å². The molecule has 10 nitrogen and oxygen atoms in total. The highest BCUT2D eigenvalue weighted by molar-refractivity contribution is 6.91. The number of aliphatic hydroxyl groups excluding tert-OH is 1. The van der Waals surface area contributed by atoms with Gasteiger partial charge in [-0.2, -0.15) is 0 Å². The first-order chi connectivity index (χ1) is 27.1. The average Bonchev–Trinajstić information content (AvgIpc) is 3.64. The Morgan fingerprint density at radius 1 is 1.00 bits per heavy atom. The van der Waals surface area contributed by atoms with E-state index in [0.29, 0.717) is 18.8 Å². The van der Waals surface area contributed by atoms with Crippen LogP contribution in [0.3, 0.4) is 0 Å². The third kappa shape index (κ3) is 7.65. The lowest BCUT2D eigenvalue weighted by Gasteiger charge is -2.37. The number of aliphatic hydroxyl groups is 1. The van der Waals surface area contributed by atoms with Crippen molar-refractivity contribution in [3.8, 4) is 5.75 Å². The topological polar surface area (TPSA) is 120 Å². The Kier molecular flexibility index (Phi) is 11.8. The van der Waals surface area contributed by atoms with E-state index >= 15 is 4.79 Å². The summed E-state index contributed by atoms with van der Waals surface area (Å²) in [7, 11) is -0.844. The zero-order chi connectivity index (χ0) is 39.5. The largest absolute Gasteiger partial charge is 0.497 e. The second-order valence-corrected chi connectivity index (χ2v) is 20.7. The van der Waals surface area contributed by atoms with Gasteiger partial charge in [0.1, 0.15) is 5.75 Å². The van der Waals surface area contributed by atoms with E-state index in [0.717, 1.165) is 47.5 Å². The third-order valence-corrected chi connectivity index (χ3v) is 16.6. The number of piperidine rings is 1. The lowest BCUT2D eigenvalue weighted by molar-refractivity contribution is -0.150. The minimum absolute atomic E-state index is 0.000623. The first-order valence-electron chi connectivity index (χ1n) is 19.8. The number of amides is 3. The summed E-state index contributed by atoms with van der Waals surface area (Å²) in [5.74, 6) is 0.139. The van der Waals surface area contributed by atoms with Gasteiger partial charge in [0.15, 0.2) is 5.60 Å². The summed E-state index contributed by atoms with van der Waals surface area (Å²) in [5.41, 5.74) is 2.71. The summed E-state index contributed by atoms with van der Waals surface area (Å²) < 4.78 is 12.7. The van der Waals surface area contributed by atoms with Crippen LogP contribution in [0.5, 0.6) is 5.75 Å². The fourth-order valence-corrected chi connectivity index (χ4v) is 13.4.